The SMILES string of the molecule is COc1ccccc1Nc1nc(C)cc(C(=O)Nc2ccc(F)c(Cl)c2)n1. The van der Waals surface area contributed by atoms with E-state index in [0.717, 1.165) is 0 Å². The maximum atomic E-state index is 13.3. The van der Waals surface area contributed by atoms with Crippen LogP contribution in [0.3, 0.4) is 0 Å². The first-order valence-corrected chi connectivity index (χ1v) is 8.36. The number of amides is 1. The zero-order valence-corrected chi connectivity index (χ0v) is 15.3. The number of hydrogen-bond acceptors (Lipinski definition) is 5. The number of nitrogens with zero attached hydrogens (tertiary/aromatic N) is 2. The Hall–Kier alpha value is -3.19. The van der Waals surface area contributed by atoms with Crippen LogP contribution in [0.25, 0.3) is 0 Å². The van der Waals surface area contributed by atoms with Crippen LogP contribution < -0.4 is 15.4 Å². The third-order valence-corrected chi connectivity index (χ3v) is 3.91. The molecule has 1 amide bonds. The number of para-hydroxylation sites is 2. The van der Waals surface area contributed by atoms with Gasteiger partial charge in [0, 0.05) is 11.4 Å². The lowest BCUT2D eigenvalue weighted by Gasteiger charge is -2.11. The van der Waals surface area contributed by atoms with Gasteiger partial charge in [-0.25, -0.2) is 14.4 Å². The Balaban J connectivity index is 1.84. The molecule has 0 spiro atoms. The van der Waals surface area contributed by atoms with Crippen molar-refractivity contribution < 1.29 is 13.9 Å². The molecule has 0 fully saturated rings. The zero-order chi connectivity index (χ0) is 19.4. The molecule has 3 aromatic rings. The fraction of sp³-hybridized carbons (Fsp3) is 0.105. The summed E-state index contributed by atoms with van der Waals surface area (Å²) < 4.78 is 18.5. The normalized spacial score (nSPS) is 10.4. The van der Waals surface area contributed by atoms with Crippen LogP contribution in [-0.2, 0) is 0 Å². The Labute approximate surface area is 160 Å². The molecule has 0 aliphatic rings. The highest BCUT2D eigenvalue weighted by molar-refractivity contribution is 6.31. The van der Waals surface area contributed by atoms with Gasteiger partial charge < -0.3 is 15.4 Å². The van der Waals surface area contributed by atoms with Crippen LogP contribution in [0.5, 0.6) is 5.75 Å². The molecule has 1 aromatic heterocycles. The number of hydrogen-bond donors (Lipinski definition) is 2. The standard InChI is InChI=1S/C19H16ClFN4O2/c1-11-9-16(18(26)23-12-7-8-14(21)13(20)10-12)25-19(22-11)24-15-5-3-4-6-17(15)27-2/h3-10H,1-2H3,(H,23,26)(H,22,24,25). The highest BCUT2D eigenvalue weighted by Crippen LogP contribution is 2.26. The third-order valence-electron chi connectivity index (χ3n) is 3.62. The Kier molecular flexibility index (Phi) is 5.52. The van der Waals surface area contributed by atoms with Gasteiger partial charge in [0.1, 0.15) is 17.3 Å². The van der Waals surface area contributed by atoms with E-state index < -0.39 is 11.7 Å². The largest absolute Gasteiger partial charge is 0.495 e. The monoisotopic (exact) mass is 386 g/mol. The van der Waals surface area contributed by atoms with Crippen molar-refractivity contribution in [2.45, 2.75) is 6.92 Å². The molecule has 27 heavy (non-hydrogen) atoms. The number of ether oxygens (including phenoxy) is 1. The van der Waals surface area contributed by atoms with Crippen molar-refractivity contribution in [2.24, 2.45) is 0 Å². The molecule has 0 unspecified atom stereocenters. The topological polar surface area (TPSA) is 76.1 Å². The number of anilines is 3. The fourth-order valence-electron chi connectivity index (χ4n) is 2.38. The molecule has 0 aliphatic heterocycles. The predicted molar refractivity (Wildman–Crippen MR) is 102 cm³/mol. The second-order valence-corrected chi connectivity index (χ2v) is 6.03. The maximum absolute atomic E-state index is 13.3. The quantitative estimate of drug-likeness (QED) is 0.671. The molecular formula is C19H16ClFN4O2. The summed E-state index contributed by atoms with van der Waals surface area (Å²) in [7, 11) is 1.56. The number of benzene rings is 2. The van der Waals surface area contributed by atoms with Crippen LogP contribution in [0.15, 0.2) is 48.5 Å². The van der Waals surface area contributed by atoms with Gasteiger partial charge in [0.15, 0.2) is 0 Å². The van der Waals surface area contributed by atoms with Crippen LogP contribution >= 0.6 is 11.6 Å². The Morgan fingerprint density at radius 2 is 1.93 bits per heavy atom. The number of carbonyl (C=O) groups excluding carboxylic acids is 1. The second kappa shape index (κ2) is 8.01. The molecule has 0 bridgehead atoms. The Morgan fingerprint density at radius 1 is 1.15 bits per heavy atom. The first-order valence-electron chi connectivity index (χ1n) is 7.98. The van der Waals surface area contributed by atoms with E-state index in [4.69, 9.17) is 16.3 Å². The number of aromatic nitrogens is 2. The van der Waals surface area contributed by atoms with Crippen molar-refractivity contribution in [1.82, 2.24) is 9.97 Å². The van der Waals surface area contributed by atoms with Gasteiger partial charge in [-0.15, -0.1) is 0 Å². The summed E-state index contributed by atoms with van der Waals surface area (Å²) in [6, 6.07) is 12.8. The molecule has 0 aliphatic carbocycles. The summed E-state index contributed by atoms with van der Waals surface area (Å²) >= 11 is 5.74. The summed E-state index contributed by atoms with van der Waals surface area (Å²) in [6.45, 7) is 1.75. The summed E-state index contributed by atoms with van der Waals surface area (Å²) in [6.07, 6.45) is 0. The van der Waals surface area contributed by atoms with E-state index in [1.807, 2.05) is 18.2 Å². The summed E-state index contributed by atoms with van der Waals surface area (Å²) in [5.74, 6) is -0.154. The van der Waals surface area contributed by atoms with Gasteiger partial charge in [-0.2, -0.15) is 0 Å². The highest BCUT2D eigenvalue weighted by atomic mass is 35.5. The molecule has 3 rings (SSSR count). The minimum Gasteiger partial charge on any atom is -0.495 e. The molecule has 2 aromatic carbocycles. The van der Waals surface area contributed by atoms with Gasteiger partial charge in [0.25, 0.3) is 5.91 Å². The fourth-order valence-corrected chi connectivity index (χ4v) is 2.56. The molecule has 0 saturated carbocycles. The van der Waals surface area contributed by atoms with Crippen LogP contribution in [0, 0.1) is 12.7 Å². The molecular weight excluding hydrogens is 371 g/mol. The van der Waals surface area contributed by atoms with Crippen molar-refractivity contribution in [3.63, 3.8) is 0 Å². The minimum absolute atomic E-state index is 0.0785. The van der Waals surface area contributed by atoms with Crippen molar-refractivity contribution in [2.75, 3.05) is 17.7 Å². The average Bonchev–Trinajstić information content (AvgIpc) is 2.64. The number of nitrogens with one attached hydrogen (secondary N) is 2. The highest BCUT2D eigenvalue weighted by Gasteiger charge is 2.13. The van der Waals surface area contributed by atoms with Crippen LogP contribution in [0.4, 0.5) is 21.7 Å². The van der Waals surface area contributed by atoms with E-state index in [-0.39, 0.29) is 16.7 Å². The smallest absolute Gasteiger partial charge is 0.274 e. The first kappa shape index (κ1) is 18.6. The van der Waals surface area contributed by atoms with E-state index in [2.05, 4.69) is 20.6 Å². The van der Waals surface area contributed by atoms with Crippen LogP contribution in [-0.4, -0.2) is 23.0 Å². The van der Waals surface area contributed by atoms with E-state index in [0.29, 0.717) is 22.8 Å². The summed E-state index contributed by atoms with van der Waals surface area (Å²) in [4.78, 5) is 21.0. The summed E-state index contributed by atoms with van der Waals surface area (Å²) in [5, 5.41) is 5.60. The van der Waals surface area contributed by atoms with E-state index >= 15 is 0 Å². The van der Waals surface area contributed by atoms with E-state index in [1.165, 1.54) is 18.2 Å². The van der Waals surface area contributed by atoms with Crippen molar-refractivity contribution >= 4 is 34.8 Å². The van der Waals surface area contributed by atoms with Crippen molar-refractivity contribution in [3.05, 3.63) is 70.8 Å². The zero-order valence-electron chi connectivity index (χ0n) is 14.6. The minimum atomic E-state index is -0.559. The van der Waals surface area contributed by atoms with Gasteiger partial charge in [0.05, 0.1) is 17.8 Å². The second-order valence-electron chi connectivity index (χ2n) is 5.63. The average molecular weight is 387 g/mol. The predicted octanol–water partition coefficient (Wildman–Crippen LogP) is 4.58. The van der Waals surface area contributed by atoms with Gasteiger partial charge in [-0.1, -0.05) is 23.7 Å². The van der Waals surface area contributed by atoms with Crippen LogP contribution in [0.1, 0.15) is 16.2 Å². The lowest BCUT2D eigenvalue weighted by Crippen LogP contribution is -2.15. The first-order chi connectivity index (χ1) is 13.0. The van der Waals surface area contributed by atoms with Crippen molar-refractivity contribution in [1.29, 1.82) is 0 Å². The van der Waals surface area contributed by atoms with E-state index in [1.54, 1.807) is 26.2 Å². The number of aryl methyl sites for hydroxylation is 1. The lowest BCUT2D eigenvalue weighted by molar-refractivity contribution is 0.102. The van der Waals surface area contributed by atoms with Gasteiger partial charge in [-0.3, -0.25) is 4.79 Å². The van der Waals surface area contributed by atoms with Crippen LogP contribution in [0.2, 0.25) is 5.02 Å². The molecule has 0 radical (unpaired) electrons. The Bertz CT molecular complexity index is 997. The number of rotatable bonds is 5. The maximum Gasteiger partial charge on any atom is 0.274 e. The summed E-state index contributed by atoms with van der Waals surface area (Å²) in [5.41, 5.74) is 1.79. The van der Waals surface area contributed by atoms with Crippen molar-refractivity contribution in [3.8, 4) is 5.75 Å². The molecule has 138 valence electrons. The number of halogens is 2. The Morgan fingerprint density at radius 3 is 2.67 bits per heavy atom. The van der Waals surface area contributed by atoms with Gasteiger partial charge in [-0.05, 0) is 43.3 Å². The number of carbonyl (C=O) groups is 1. The van der Waals surface area contributed by atoms with E-state index in [9.17, 15) is 9.18 Å². The molecule has 1 heterocycles. The lowest BCUT2D eigenvalue weighted by atomic mass is 10.2. The molecule has 0 saturated heterocycles. The third kappa shape index (κ3) is 4.51. The van der Waals surface area contributed by atoms with Gasteiger partial charge >= 0.3 is 0 Å². The molecule has 2 N–H and O–H groups in total. The molecule has 6 nitrogen and oxygen atoms in total. The molecule has 8 heteroatoms. The molecule has 0 atom stereocenters. The number of methoxy groups -OCH3 is 1. The van der Waals surface area contributed by atoms with Gasteiger partial charge in [0.2, 0.25) is 5.95 Å².